The number of carbonyl (C=O) groups excluding carboxylic acids is 1. The van der Waals surface area contributed by atoms with Gasteiger partial charge in [0, 0.05) is 24.5 Å². The SMILES string of the molecule is CC(C)(C)OC(=O)N1CC2(C[C@@H]2N)C1. The van der Waals surface area contributed by atoms with E-state index in [0.29, 0.717) is 6.04 Å². The summed E-state index contributed by atoms with van der Waals surface area (Å²) in [5, 5.41) is 0. The molecule has 2 N–H and O–H groups in total. The van der Waals surface area contributed by atoms with Gasteiger partial charge in [-0.1, -0.05) is 0 Å². The molecule has 0 bridgehead atoms. The van der Waals surface area contributed by atoms with Gasteiger partial charge >= 0.3 is 6.09 Å². The maximum atomic E-state index is 11.5. The highest BCUT2D eigenvalue weighted by molar-refractivity contribution is 5.70. The fourth-order valence-electron chi connectivity index (χ4n) is 1.91. The molecule has 2 rings (SSSR count). The van der Waals surface area contributed by atoms with Crippen molar-refractivity contribution in [2.45, 2.75) is 38.8 Å². The van der Waals surface area contributed by atoms with Gasteiger partial charge in [-0.3, -0.25) is 0 Å². The highest BCUT2D eigenvalue weighted by Gasteiger charge is 2.61. The topological polar surface area (TPSA) is 55.6 Å². The molecule has 80 valence electrons. The Labute approximate surface area is 84.4 Å². The molecule has 1 atom stereocenters. The quantitative estimate of drug-likeness (QED) is 0.630. The van der Waals surface area contributed by atoms with E-state index in [1.807, 2.05) is 20.8 Å². The van der Waals surface area contributed by atoms with E-state index in [2.05, 4.69) is 0 Å². The van der Waals surface area contributed by atoms with Crippen molar-refractivity contribution in [3.05, 3.63) is 0 Å². The van der Waals surface area contributed by atoms with E-state index in [1.54, 1.807) is 4.90 Å². The van der Waals surface area contributed by atoms with E-state index >= 15 is 0 Å². The molecule has 0 radical (unpaired) electrons. The molecule has 1 saturated heterocycles. The van der Waals surface area contributed by atoms with Crippen LogP contribution in [0.4, 0.5) is 4.79 Å². The summed E-state index contributed by atoms with van der Waals surface area (Å²) in [5.74, 6) is 0. The highest BCUT2D eigenvalue weighted by Crippen LogP contribution is 2.51. The molecule has 1 aliphatic carbocycles. The Morgan fingerprint density at radius 2 is 2.00 bits per heavy atom. The number of amides is 1. The first-order valence-corrected chi connectivity index (χ1v) is 5.06. The van der Waals surface area contributed by atoms with Crippen LogP contribution in [0.2, 0.25) is 0 Å². The molecule has 0 aromatic carbocycles. The Bertz CT molecular complexity index is 264. The Morgan fingerprint density at radius 1 is 1.50 bits per heavy atom. The molecule has 2 aliphatic rings. The van der Waals surface area contributed by atoms with Gasteiger partial charge in [-0.2, -0.15) is 0 Å². The minimum absolute atomic E-state index is 0.206. The van der Waals surface area contributed by atoms with Crippen molar-refractivity contribution in [1.82, 2.24) is 4.90 Å². The van der Waals surface area contributed by atoms with Crippen molar-refractivity contribution in [3.8, 4) is 0 Å². The summed E-state index contributed by atoms with van der Waals surface area (Å²) in [7, 11) is 0. The van der Waals surface area contributed by atoms with Crippen LogP contribution in [-0.4, -0.2) is 35.7 Å². The predicted molar refractivity (Wildman–Crippen MR) is 52.8 cm³/mol. The predicted octanol–water partition coefficient (Wildman–Crippen LogP) is 0.955. The molecule has 0 aromatic heterocycles. The van der Waals surface area contributed by atoms with E-state index in [9.17, 15) is 4.79 Å². The van der Waals surface area contributed by atoms with Crippen LogP contribution < -0.4 is 5.73 Å². The normalized spacial score (nSPS) is 28.6. The lowest BCUT2D eigenvalue weighted by Gasteiger charge is -2.40. The molecule has 0 aromatic rings. The van der Waals surface area contributed by atoms with Crippen LogP contribution in [0.15, 0.2) is 0 Å². The highest BCUT2D eigenvalue weighted by atomic mass is 16.6. The summed E-state index contributed by atoms with van der Waals surface area (Å²) >= 11 is 0. The van der Waals surface area contributed by atoms with Gasteiger partial charge in [0.05, 0.1) is 0 Å². The van der Waals surface area contributed by atoms with E-state index < -0.39 is 5.60 Å². The van der Waals surface area contributed by atoms with Crippen molar-refractivity contribution < 1.29 is 9.53 Å². The van der Waals surface area contributed by atoms with E-state index in [0.717, 1.165) is 19.5 Å². The second kappa shape index (κ2) is 2.63. The van der Waals surface area contributed by atoms with Crippen molar-refractivity contribution >= 4 is 6.09 Å². The number of carbonyl (C=O) groups is 1. The van der Waals surface area contributed by atoms with Gasteiger partial charge in [0.25, 0.3) is 0 Å². The fraction of sp³-hybridized carbons (Fsp3) is 0.900. The Morgan fingerprint density at radius 3 is 2.36 bits per heavy atom. The fourth-order valence-corrected chi connectivity index (χ4v) is 1.91. The third-order valence-corrected chi connectivity index (χ3v) is 2.92. The first-order valence-electron chi connectivity index (χ1n) is 5.06. The van der Waals surface area contributed by atoms with E-state index in [-0.39, 0.29) is 11.5 Å². The van der Waals surface area contributed by atoms with Crippen molar-refractivity contribution in [3.63, 3.8) is 0 Å². The maximum absolute atomic E-state index is 11.5. The van der Waals surface area contributed by atoms with E-state index in [4.69, 9.17) is 10.5 Å². The van der Waals surface area contributed by atoms with Crippen LogP contribution in [0, 0.1) is 5.41 Å². The summed E-state index contributed by atoms with van der Waals surface area (Å²) in [5.41, 5.74) is 5.64. The lowest BCUT2D eigenvalue weighted by molar-refractivity contribution is -0.00701. The number of nitrogens with zero attached hydrogens (tertiary/aromatic N) is 1. The minimum atomic E-state index is -0.397. The molecule has 1 saturated carbocycles. The second-order valence-electron chi connectivity index (χ2n) is 5.51. The van der Waals surface area contributed by atoms with Crippen LogP contribution >= 0.6 is 0 Å². The summed E-state index contributed by atoms with van der Waals surface area (Å²) < 4.78 is 5.24. The largest absolute Gasteiger partial charge is 0.444 e. The number of rotatable bonds is 0. The molecule has 0 unspecified atom stereocenters. The molecular formula is C10H18N2O2. The second-order valence-corrected chi connectivity index (χ2v) is 5.51. The lowest BCUT2D eigenvalue weighted by Crippen LogP contribution is -2.55. The molecular weight excluding hydrogens is 180 g/mol. The van der Waals surface area contributed by atoms with E-state index in [1.165, 1.54) is 0 Å². The van der Waals surface area contributed by atoms with Gasteiger partial charge in [-0.15, -0.1) is 0 Å². The van der Waals surface area contributed by atoms with Crippen molar-refractivity contribution in [1.29, 1.82) is 0 Å². The zero-order chi connectivity index (χ0) is 10.6. The van der Waals surface area contributed by atoms with Crippen LogP contribution in [-0.2, 0) is 4.74 Å². The summed E-state index contributed by atoms with van der Waals surface area (Å²) in [4.78, 5) is 13.3. The number of hydrogen-bond acceptors (Lipinski definition) is 3. The minimum Gasteiger partial charge on any atom is -0.444 e. The molecule has 4 nitrogen and oxygen atoms in total. The maximum Gasteiger partial charge on any atom is 0.410 e. The average molecular weight is 198 g/mol. The van der Waals surface area contributed by atoms with Crippen LogP contribution in [0.1, 0.15) is 27.2 Å². The molecule has 2 fully saturated rings. The van der Waals surface area contributed by atoms with Crippen LogP contribution in [0.3, 0.4) is 0 Å². The third kappa shape index (κ3) is 1.59. The number of ether oxygens (including phenoxy) is 1. The van der Waals surface area contributed by atoms with Gasteiger partial charge < -0.3 is 15.4 Å². The standard InChI is InChI=1S/C10H18N2O2/c1-9(2,3)14-8(13)12-5-10(6-12)4-7(10)11/h7H,4-6,11H2,1-3H3/t7-/m0/s1. The zero-order valence-electron chi connectivity index (χ0n) is 9.04. The Hall–Kier alpha value is -0.770. The molecule has 1 heterocycles. The monoisotopic (exact) mass is 198 g/mol. The van der Waals surface area contributed by atoms with Gasteiger partial charge in [-0.25, -0.2) is 4.79 Å². The first-order chi connectivity index (χ1) is 6.32. The Kier molecular flexibility index (Phi) is 1.83. The zero-order valence-corrected chi connectivity index (χ0v) is 9.04. The number of likely N-dealkylation sites (tertiary alicyclic amines) is 1. The molecule has 14 heavy (non-hydrogen) atoms. The smallest absolute Gasteiger partial charge is 0.410 e. The van der Waals surface area contributed by atoms with Crippen molar-refractivity contribution in [2.75, 3.05) is 13.1 Å². The molecule has 4 heteroatoms. The number of hydrogen-bond donors (Lipinski definition) is 1. The molecule has 1 amide bonds. The average Bonchev–Trinajstić information content (AvgIpc) is 2.53. The third-order valence-electron chi connectivity index (χ3n) is 2.92. The van der Waals surface area contributed by atoms with Gasteiger partial charge in [0.15, 0.2) is 0 Å². The van der Waals surface area contributed by atoms with Crippen molar-refractivity contribution in [2.24, 2.45) is 11.1 Å². The lowest BCUT2D eigenvalue weighted by atomic mass is 9.96. The summed E-state index contributed by atoms with van der Waals surface area (Å²) in [6.07, 6.45) is 0.856. The van der Waals surface area contributed by atoms with Gasteiger partial charge in [0.2, 0.25) is 0 Å². The van der Waals surface area contributed by atoms with Gasteiger partial charge in [0.1, 0.15) is 5.60 Å². The van der Waals surface area contributed by atoms with Gasteiger partial charge in [-0.05, 0) is 27.2 Å². The molecule has 1 aliphatic heterocycles. The molecule has 1 spiro atoms. The Balaban J connectivity index is 1.80. The van der Waals surface area contributed by atoms with Crippen LogP contribution in [0.5, 0.6) is 0 Å². The summed E-state index contributed by atoms with van der Waals surface area (Å²) in [6.45, 7) is 7.20. The first kappa shape index (κ1) is 9.77. The summed E-state index contributed by atoms with van der Waals surface area (Å²) in [6, 6.07) is 0.307. The number of nitrogens with two attached hydrogens (primary N) is 1. The van der Waals surface area contributed by atoms with Crippen LogP contribution in [0.25, 0.3) is 0 Å².